The Morgan fingerprint density at radius 1 is 0.446 bits per heavy atom. The van der Waals surface area contributed by atoms with Crippen LogP contribution in [0.4, 0.5) is 13.2 Å². The number of para-hydroxylation sites is 2. The molecular formula is C79H78ClF3N10O8. The number of rotatable bonds is 15. The van der Waals surface area contributed by atoms with E-state index in [1.54, 1.807) is 56.3 Å². The summed E-state index contributed by atoms with van der Waals surface area (Å²) in [5.74, 6) is -3.44. The van der Waals surface area contributed by atoms with E-state index in [1.165, 1.54) is 30.3 Å². The lowest BCUT2D eigenvalue weighted by molar-refractivity contribution is -0.138. The van der Waals surface area contributed by atoms with E-state index in [1.807, 2.05) is 87.5 Å². The number of carbonyl (C=O) groups excluding carboxylic acids is 2. The maximum absolute atomic E-state index is 14.1. The van der Waals surface area contributed by atoms with Crippen molar-refractivity contribution in [3.05, 3.63) is 226 Å². The Morgan fingerprint density at radius 3 is 1.28 bits per heavy atom. The number of fused-ring (bicyclic) bond motifs is 6. The number of pyridine rings is 4. The maximum Gasteiger partial charge on any atom is 0.323 e. The summed E-state index contributed by atoms with van der Waals surface area (Å²) in [4.78, 5) is 80.1. The third-order valence-corrected chi connectivity index (χ3v) is 20.4. The molecule has 22 heteroatoms. The van der Waals surface area contributed by atoms with Crippen LogP contribution in [0.15, 0.2) is 158 Å². The summed E-state index contributed by atoms with van der Waals surface area (Å²) in [5, 5.41) is 39.7. The summed E-state index contributed by atoms with van der Waals surface area (Å²) in [5.41, 5.74) is 12.3. The molecule has 0 atom stereocenters. The summed E-state index contributed by atoms with van der Waals surface area (Å²) in [7, 11) is 0. The van der Waals surface area contributed by atoms with Crippen molar-refractivity contribution in [2.45, 2.75) is 141 Å². The van der Waals surface area contributed by atoms with E-state index >= 15 is 0 Å². The number of benzene rings is 5. The van der Waals surface area contributed by atoms with Gasteiger partial charge in [-0.15, -0.1) is 12.4 Å². The molecule has 3 aliphatic rings. The molecule has 8 heterocycles. The molecule has 1 saturated heterocycles. The Morgan fingerprint density at radius 2 is 0.832 bits per heavy atom. The molecule has 0 unspecified atom stereocenters. The summed E-state index contributed by atoms with van der Waals surface area (Å²) < 4.78 is 47.5. The zero-order chi connectivity index (χ0) is 69.9. The second-order valence-electron chi connectivity index (χ2n) is 26.6. The van der Waals surface area contributed by atoms with Gasteiger partial charge in [0.25, 0.3) is 11.8 Å². The first-order chi connectivity index (χ1) is 48.3. The van der Waals surface area contributed by atoms with Gasteiger partial charge in [0.1, 0.15) is 48.5 Å². The van der Waals surface area contributed by atoms with Gasteiger partial charge in [-0.2, -0.15) is 0 Å². The molecule has 0 radical (unpaired) electrons. The van der Waals surface area contributed by atoms with Gasteiger partial charge in [0, 0.05) is 90.8 Å². The smallest absolute Gasteiger partial charge is 0.323 e. The average Bonchev–Trinajstić information content (AvgIpc) is 1.63. The first kappa shape index (κ1) is 70.4. The molecule has 18 nitrogen and oxygen atoms in total. The highest BCUT2D eigenvalue weighted by Crippen LogP contribution is 2.43. The van der Waals surface area contributed by atoms with Crippen LogP contribution in [-0.2, 0) is 40.6 Å². The Labute approximate surface area is 586 Å². The van der Waals surface area contributed by atoms with Crippen LogP contribution in [0.1, 0.15) is 142 Å². The van der Waals surface area contributed by atoms with Crippen molar-refractivity contribution in [3.63, 3.8) is 0 Å². The molecule has 5 aromatic carbocycles. The van der Waals surface area contributed by atoms with Crippen molar-refractivity contribution in [1.82, 2.24) is 49.2 Å². The number of aromatic nitrogens is 7. The van der Waals surface area contributed by atoms with Crippen LogP contribution in [0.5, 0.6) is 0 Å². The second kappa shape index (κ2) is 30.5. The molecule has 101 heavy (non-hydrogen) atoms. The molecule has 1 aliphatic heterocycles. The van der Waals surface area contributed by atoms with Gasteiger partial charge in [0.05, 0.1) is 16.7 Å². The minimum absolute atomic E-state index is 0. The number of likely N-dealkylation sites (tertiary alicyclic amines) is 1. The number of aliphatic carboxylic acids is 3. The standard InChI is InChI=1S/C27H26FN3O3.C26H25FN4O3.C26H26FN3O2.ClH/c1-16-26(21-14-19(28)9-13-24(21)31(16)15-25(32)33)18-6-10-20(11-7-18)29-27(34)23-12-8-17-4-2-3-5-22(17)30-23;1-15-24(20-13-18(27)7-11-22(20)31(15)14-23(32)33)16-4-8-19(9-5-16)29-26(34)21-10-6-17-3-2-12-28-25(17)30-21;1-17-26(22-14-20(27)7-9-24(22)30(17)16-25(31)32)19-10-12-29(13-11-19)15-21-8-6-18-4-2-3-5-23(18)28-21;/h2-5,8-9,12-14,18,20H,6-7,10-11,15H2,1H3,(H,29,34)(H,32,33);2-3,6-7,10-13,16,19H,4-5,8-9,14H2,1H3,(H,29,34)(H,32,33);2-9,14,19H,10-13,15-16H2,1H3,(H,31,32);1H. The van der Waals surface area contributed by atoms with Crippen molar-refractivity contribution in [2.75, 3.05) is 13.1 Å². The average molecular weight is 1390 g/mol. The molecule has 7 aromatic heterocycles. The quantitative estimate of drug-likeness (QED) is 0.0643. The number of carbonyl (C=O) groups is 5. The predicted molar refractivity (Wildman–Crippen MR) is 385 cm³/mol. The Hall–Kier alpha value is -10.5. The largest absolute Gasteiger partial charge is 0.480 e. The van der Waals surface area contributed by atoms with Gasteiger partial charge in [0.15, 0.2) is 5.65 Å². The summed E-state index contributed by atoms with van der Waals surface area (Å²) >= 11 is 0. The molecule has 3 fully saturated rings. The molecule has 2 amide bonds. The van der Waals surface area contributed by atoms with Gasteiger partial charge in [-0.25, -0.2) is 28.1 Å². The molecule has 2 aliphatic carbocycles. The van der Waals surface area contributed by atoms with Crippen molar-refractivity contribution in [3.8, 4) is 0 Å². The van der Waals surface area contributed by atoms with E-state index < -0.39 is 17.9 Å². The van der Waals surface area contributed by atoms with Gasteiger partial charge in [-0.1, -0.05) is 48.5 Å². The number of amides is 2. The van der Waals surface area contributed by atoms with Crippen molar-refractivity contribution >= 4 is 108 Å². The minimum atomic E-state index is -0.931. The monoisotopic (exact) mass is 1390 g/mol. The van der Waals surface area contributed by atoms with E-state index in [-0.39, 0.29) is 91.1 Å². The third-order valence-electron chi connectivity index (χ3n) is 20.4. The zero-order valence-electron chi connectivity index (χ0n) is 56.2. The normalized spacial score (nSPS) is 17.2. The molecule has 12 aromatic rings. The van der Waals surface area contributed by atoms with Crippen LogP contribution in [-0.4, -0.2) is 109 Å². The van der Waals surface area contributed by atoms with Crippen LogP contribution in [0, 0.1) is 38.2 Å². The highest BCUT2D eigenvalue weighted by Gasteiger charge is 2.32. The van der Waals surface area contributed by atoms with Crippen LogP contribution in [0.3, 0.4) is 0 Å². The van der Waals surface area contributed by atoms with Crippen molar-refractivity contribution < 1.29 is 52.5 Å². The molecule has 520 valence electrons. The number of carboxylic acids is 3. The molecular weight excluding hydrogens is 1310 g/mol. The molecule has 0 spiro atoms. The van der Waals surface area contributed by atoms with E-state index in [2.05, 4.69) is 48.7 Å². The lowest BCUT2D eigenvalue weighted by atomic mass is 9.80. The first-order valence-electron chi connectivity index (χ1n) is 34.1. The third kappa shape index (κ3) is 15.5. The number of nitrogens with one attached hydrogen (secondary N) is 2. The van der Waals surface area contributed by atoms with Gasteiger partial charge in [-0.3, -0.25) is 33.9 Å². The molecule has 2 saturated carbocycles. The molecule has 15 rings (SSSR count). The maximum atomic E-state index is 14.1. The van der Waals surface area contributed by atoms with E-state index in [0.29, 0.717) is 17.0 Å². The lowest BCUT2D eigenvalue weighted by Gasteiger charge is -2.32. The van der Waals surface area contributed by atoms with E-state index in [0.717, 1.165) is 183 Å². The Balaban J connectivity index is 0.000000143. The highest BCUT2D eigenvalue weighted by molar-refractivity contribution is 5.96. The van der Waals surface area contributed by atoms with Crippen molar-refractivity contribution in [1.29, 1.82) is 0 Å². The summed E-state index contributed by atoms with van der Waals surface area (Å²) in [6.45, 7) is 8.02. The number of halogens is 4. The van der Waals surface area contributed by atoms with Gasteiger partial charge >= 0.3 is 17.9 Å². The number of nitrogens with zero attached hydrogens (tertiary/aromatic N) is 8. The van der Waals surface area contributed by atoms with Gasteiger partial charge in [-0.05, 0) is 236 Å². The number of carboxylic acid groups (broad SMARTS) is 3. The fourth-order valence-corrected chi connectivity index (χ4v) is 15.7. The van der Waals surface area contributed by atoms with Gasteiger partial charge < -0.3 is 39.7 Å². The summed E-state index contributed by atoms with van der Waals surface area (Å²) in [6.07, 6.45) is 10.0. The predicted octanol–water partition coefficient (Wildman–Crippen LogP) is 15.3. The Kier molecular flexibility index (Phi) is 21.3. The highest BCUT2D eigenvalue weighted by atomic mass is 35.5. The fourth-order valence-electron chi connectivity index (χ4n) is 15.7. The topological polar surface area (TPSA) is 240 Å². The lowest BCUT2D eigenvalue weighted by Crippen LogP contribution is -2.37. The van der Waals surface area contributed by atoms with Gasteiger partial charge in [0.2, 0.25) is 0 Å². The fraction of sp³-hybridized carbons (Fsp3) is 0.304. The van der Waals surface area contributed by atoms with Crippen LogP contribution in [0.2, 0.25) is 0 Å². The van der Waals surface area contributed by atoms with E-state index in [4.69, 9.17) is 4.98 Å². The SMILES string of the molecule is Cc1c(C2CCC(NC(=O)c3ccc4ccccc4n3)CC2)c2cc(F)ccc2n1CC(=O)O.Cc1c(C2CCC(NC(=O)c3ccc4cccnc4n3)CC2)c2cc(F)ccc2n1CC(=O)O.Cc1c(C2CCN(Cc3ccc4ccccc4n3)CC2)c2cc(F)ccc2n1CC(=O)O.Cl. The van der Waals surface area contributed by atoms with Crippen LogP contribution in [0.25, 0.3) is 65.5 Å². The summed E-state index contributed by atoms with van der Waals surface area (Å²) in [6, 6.07) is 44.8. The zero-order valence-corrected chi connectivity index (χ0v) is 57.0. The number of hydrogen-bond donors (Lipinski definition) is 5. The molecule has 5 N–H and O–H groups in total. The minimum Gasteiger partial charge on any atom is -0.480 e. The van der Waals surface area contributed by atoms with Crippen LogP contribution < -0.4 is 10.6 Å². The van der Waals surface area contributed by atoms with E-state index in [9.17, 15) is 52.5 Å². The number of hydrogen-bond acceptors (Lipinski definition) is 10. The van der Waals surface area contributed by atoms with Crippen molar-refractivity contribution in [2.24, 2.45) is 0 Å². The molecule has 0 bridgehead atoms. The Bertz CT molecular complexity index is 4910. The first-order valence-corrected chi connectivity index (χ1v) is 34.1. The number of piperidine rings is 1. The second-order valence-corrected chi connectivity index (χ2v) is 26.6. The van der Waals surface area contributed by atoms with Crippen LogP contribution >= 0.6 is 12.4 Å².